The normalized spacial score (nSPS) is 25.0. The zero-order valence-corrected chi connectivity index (χ0v) is 30.5. The van der Waals surface area contributed by atoms with Gasteiger partial charge in [0, 0.05) is 60.4 Å². The van der Waals surface area contributed by atoms with Gasteiger partial charge in [-0.1, -0.05) is 12.0 Å². The fourth-order valence-corrected chi connectivity index (χ4v) is 9.41. The highest BCUT2D eigenvalue weighted by atomic mass is 19.4. The molecule has 2 aromatic carbocycles. The van der Waals surface area contributed by atoms with Crippen LogP contribution in [0.5, 0.6) is 17.6 Å². The zero-order chi connectivity index (χ0) is 39.4. The molecule has 5 aliphatic rings. The first-order valence-electron chi connectivity index (χ1n) is 18.8. The number of methoxy groups -OCH3 is 1. The van der Waals surface area contributed by atoms with Gasteiger partial charge in [0.2, 0.25) is 5.88 Å². The lowest BCUT2D eigenvalue weighted by Crippen LogP contribution is -2.51. The fraction of sp³-hybridized carbons (Fsp3) is 0.525. The second-order valence-corrected chi connectivity index (χ2v) is 16.3. The molecule has 56 heavy (non-hydrogen) atoms. The van der Waals surface area contributed by atoms with Crippen molar-refractivity contribution in [2.45, 2.75) is 69.1 Å². The van der Waals surface area contributed by atoms with E-state index in [0.29, 0.717) is 43.7 Å². The van der Waals surface area contributed by atoms with Crippen LogP contribution in [-0.2, 0) is 0 Å². The Bertz CT molecular complexity index is 2270. The number of piperidine rings is 1. The fourth-order valence-electron chi connectivity index (χ4n) is 9.41. The van der Waals surface area contributed by atoms with Crippen molar-refractivity contribution in [2.24, 2.45) is 16.7 Å². The third-order valence-electron chi connectivity index (χ3n) is 12.7. The van der Waals surface area contributed by atoms with E-state index in [2.05, 4.69) is 21.2 Å². The molecule has 296 valence electrons. The summed E-state index contributed by atoms with van der Waals surface area (Å²) >= 11 is 0. The van der Waals surface area contributed by atoms with Gasteiger partial charge in [0.25, 0.3) is 5.92 Å². The number of benzene rings is 2. The molecule has 3 atom stereocenters. The van der Waals surface area contributed by atoms with Crippen LogP contribution >= 0.6 is 0 Å². The van der Waals surface area contributed by atoms with Gasteiger partial charge in [-0.25, -0.2) is 22.5 Å². The third-order valence-corrected chi connectivity index (χ3v) is 12.7. The molecule has 0 radical (unpaired) electrons. The predicted molar refractivity (Wildman–Crippen MR) is 193 cm³/mol. The van der Waals surface area contributed by atoms with E-state index in [4.69, 9.17) is 20.9 Å². The first kappa shape index (κ1) is 37.0. The number of piperazine rings is 1. The van der Waals surface area contributed by atoms with E-state index in [9.17, 15) is 27.1 Å². The molecular formula is C40H39F7N6O3. The van der Waals surface area contributed by atoms with Gasteiger partial charge >= 0.3 is 12.2 Å². The maximum absolute atomic E-state index is 17.2. The largest absolute Gasteiger partial charge is 0.508 e. The number of alkyl halides is 5. The van der Waals surface area contributed by atoms with Crippen molar-refractivity contribution in [3.63, 3.8) is 0 Å². The molecule has 2 N–H and O–H groups in total. The van der Waals surface area contributed by atoms with Gasteiger partial charge in [0.1, 0.15) is 34.0 Å². The Morgan fingerprint density at radius 3 is 2.30 bits per heavy atom. The Morgan fingerprint density at radius 1 is 1.00 bits per heavy atom. The molecule has 2 aliphatic carbocycles. The Hall–Kier alpha value is -4.62. The van der Waals surface area contributed by atoms with Crippen LogP contribution in [0.2, 0.25) is 0 Å². The maximum Gasteiger partial charge on any atom is 0.395 e. The van der Waals surface area contributed by atoms with E-state index in [1.165, 1.54) is 25.3 Å². The molecule has 0 spiro atoms. The van der Waals surface area contributed by atoms with Crippen LogP contribution in [0.1, 0.15) is 50.5 Å². The SMILES string of the molecule is C#Cc1c(F)ccc2cc(O)cc(-c3nc(OC)c4c(N5CC6CCC(C5)N6)nc(OCC5(CN6CCC(C7CC7(F)F)(C(F)(F)F)CC6)CC5)nc4c3F)c12. The second-order valence-electron chi connectivity index (χ2n) is 16.3. The molecule has 0 amide bonds. The summed E-state index contributed by atoms with van der Waals surface area (Å²) in [6, 6.07) is 5.43. The number of anilines is 1. The van der Waals surface area contributed by atoms with E-state index in [-0.39, 0.29) is 95.4 Å². The lowest BCUT2D eigenvalue weighted by atomic mass is 9.73. The monoisotopic (exact) mass is 784 g/mol. The lowest BCUT2D eigenvalue weighted by Gasteiger charge is -2.44. The number of hydrogen-bond acceptors (Lipinski definition) is 9. The average Bonchev–Trinajstić information content (AvgIpc) is 4.05. The molecule has 9 rings (SSSR count). The summed E-state index contributed by atoms with van der Waals surface area (Å²) in [5.74, 6) is -4.15. The number of nitrogens with zero attached hydrogens (tertiary/aromatic N) is 5. The van der Waals surface area contributed by atoms with Gasteiger partial charge in [-0.3, -0.25) is 0 Å². The van der Waals surface area contributed by atoms with Gasteiger partial charge in [-0.2, -0.15) is 23.1 Å². The summed E-state index contributed by atoms with van der Waals surface area (Å²) in [7, 11) is 1.37. The van der Waals surface area contributed by atoms with Gasteiger partial charge in [0.15, 0.2) is 5.82 Å². The number of pyridine rings is 1. The molecule has 9 nitrogen and oxygen atoms in total. The predicted octanol–water partition coefficient (Wildman–Crippen LogP) is 7.22. The number of fused-ring (bicyclic) bond motifs is 4. The standard InChI is InChI=1S/C40H39F7N6O3/c1-3-25-27(41)7-4-21-14-24(54)15-26(29(21)25)32-31(42)33-30(35(49-32)55-2)34(53-17-22-5-6-23(18-53)48-22)51-36(50-33)56-20-37(8-9-37)19-52-12-10-38(11-13-52,40(45,46)47)28-16-39(28,43)44/h1,4,7,14-15,22-23,28,48,54H,5-6,8-13,16-20H2,2H3. The van der Waals surface area contributed by atoms with Gasteiger partial charge < -0.3 is 29.7 Å². The summed E-state index contributed by atoms with van der Waals surface area (Å²) in [5, 5.41) is 14.9. The summed E-state index contributed by atoms with van der Waals surface area (Å²) in [4.78, 5) is 17.8. The molecule has 4 aromatic rings. The third kappa shape index (κ3) is 6.12. The first-order valence-corrected chi connectivity index (χ1v) is 18.8. The average molecular weight is 785 g/mol. The van der Waals surface area contributed by atoms with Crippen LogP contribution in [0, 0.1) is 40.7 Å². The van der Waals surface area contributed by atoms with E-state index in [1.807, 2.05) is 9.80 Å². The molecular weight excluding hydrogens is 745 g/mol. The van der Waals surface area contributed by atoms with Crippen molar-refractivity contribution in [3.05, 3.63) is 41.5 Å². The Labute approximate surface area is 317 Å². The molecule has 3 aliphatic heterocycles. The van der Waals surface area contributed by atoms with Crippen LogP contribution in [-0.4, -0.2) is 95.6 Å². The Balaban J connectivity index is 1.06. The zero-order valence-electron chi connectivity index (χ0n) is 30.5. The summed E-state index contributed by atoms with van der Waals surface area (Å²) in [5.41, 5.74) is -3.43. The van der Waals surface area contributed by atoms with Crippen molar-refractivity contribution in [3.8, 4) is 41.2 Å². The minimum absolute atomic E-state index is 0.0124. The van der Waals surface area contributed by atoms with E-state index in [1.54, 1.807) is 0 Å². The topological polar surface area (TPSA) is 95.9 Å². The quantitative estimate of drug-likeness (QED) is 0.135. The summed E-state index contributed by atoms with van der Waals surface area (Å²) in [6.45, 7) is 1.67. The van der Waals surface area contributed by atoms with E-state index in [0.717, 1.165) is 18.9 Å². The Morgan fingerprint density at radius 2 is 1.70 bits per heavy atom. The summed E-state index contributed by atoms with van der Waals surface area (Å²) in [6.07, 6.45) is 2.80. The number of likely N-dealkylation sites (tertiary alicyclic amines) is 1. The van der Waals surface area contributed by atoms with Crippen molar-refractivity contribution in [1.82, 2.24) is 25.2 Å². The molecule has 2 aromatic heterocycles. The summed E-state index contributed by atoms with van der Waals surface area (Å²) < 4.78 is 115. The van der Waals surface area contributed by atoms with Crippen molar-refractivity contribution < 1.29 is 45.3 Å². The number of ether oxygens (including phenoxy) is 2. The number of aromatic nitrogens is 3. The smallest absolute Gasteiger partial charge is 0.395 e. The van der Waals surface area contributed by atoms with Crippen molar-refractivity contribution >= 4 is 27.5 Å². The van der Waals surface area contributed by atoms with Crippen molar-refractivity contribution in [2.75, 3.05) is 51.3 Å². The molecule has 2 bridgehead atoms. The first-order chi connectivity index (χ1) is 26.6. The number of aromatic hydroxyl groups is 1. The number of phenols is 1. The minimum Gasteiger partial charge on any atom is -0.508 e. The van der Waals surface area contributed by atoms with Crippen molar-refractivity contribution in [1.29, 1.82) is 0 Å². The second kappa shape index (κ2) is 13.0. The van der Waals surface area contributed by atoms with Crippen LogP contribution in [0.25, 0.3) is 32.9 Å². The molecule has 16 heteroatoms. The number of rotatable bonds is 9. The van der Waals surface area contributed by atoms with E-state index < -0.39 is 46.9 Å². The molecule has 3 unspecified atom stereocenters. The highest BCUT2D eigenvalue weighted by Crippen LogP contribution is 2.66. The lowest BCUT2D eigenvalue weighted by molar-refractivity contribution is -0.253. The maximum atomic E-state index is 17.2. The van der Waals surface area contributed by atoms with Crippen LogP contribution in [0.4, 0.5) is 36.6 Å². The highest BCUT2D eigenvalue weighted by Gasteiger charge is 2.74. The van der Waals surface area contributed by atoms with Gasteiger partial charge in [-0.15, -0.1) is 6.42 Å². The molecule has 3 saturated heterocycles. The van der Waals surface area contributed by atoms with Gasteiger partial charge in [-0.05, 0) is 75.2 Å². The van der Waals surface area contributed by atoms with Crippen LogP contribution in [0.3, 0.4) is 0 Å². The molecule has 2 saturated carbocycles. The molecule has 5 fully saturated rings. The number of terminal acetylenes is 1. The number of phenolic OH excluding ortho intramolecular Hbond substituents is 1. The van der Waals surface area contributed by atoms with E-state index >= 15 is 8.78 Å². The van der Waals surface area contributed by atoms with Gasteiger partial charge in [0.05, 0.1) is 24.7 Å². The minimum atomic E-state index is -4.72. The number of nitrogens with one attached hydrogen (secondary N) is 1. The van der Waals surface area contributed by atoms with Crippen LogP contribution in [0.15, 0.2) is 24.3 Å². The highest BCUT2D eigenvalue weighted by molar-refractivity contribution is 6.04. The Kier molecular flexibility index (Phi) is 8.56. The van der Waals surface area contributed by atoms with Crippen LogP contribution < -0.4 is 19.7 Å². The number of hydrogen-bond donors (Lipinski definition) is 2. The number of halogens is 7. The molecule has 5 heterocycles.